The van der Waals surface area contributed by atoms with Gasteiger partial charge in [0.25, 0.3) is 0 Å². The molecule has 0 saturated heterocycles. The number of rotatable bonds is 0. The lowest BCUT2D eigenvalue weighted by Crippen LogP contribution is -2.16. The van der Waals surface area contributed by atoms with Gasteiger partial charge >= 0.3 is 5.97 Å². The molecule has 6 heteroatoms. The van der Waals surface area contributed by atoms with Gasteiger partial charge < -0.3 is 15.4 Å². The van der Waals surface area contributed by atoms with Crippen molar-refractivity contribution < 1.29 is 9.53 Å². The number of hydrogen-bond acceptors (Lipinski definition) is 4. The molecule has 0 amide bonds. The molecule has 2 aliphatic heterocycles. The van der Waals surface area contributed by atoms with Crippen LogP contribution in [0.15, 0.2) is 29.5 Å². The highest BCUT2D eigenvalue weighted by Crippen LogP contribution is 2.32. The van der Waals surface area contributed by atoms with Crippen molar-refractivity contribution in [3.8, 4) is 0 Å². The number of carbonyl (C=O) groups excluding carboxylic acids is 1. The highest BCUT2D eigenvalue weighted by molar-refractivity contribution is 7.81. The molecule has 0 fully saturated rings. The second kappa shape index (κ2) is 3.72. The zero-order valence-electron chi connectivity index (χ0n) is 8.54. The SMILES string of the molecule is O=C1OCC2=C1C(=S)Nc1ccc(Cl)cc1N2. The Morgan fingerprint density at radius 1 is 1.29 bits per heavy atom. The van der Waals surface area contributed by atoms with Crippen molar-refractivity contribution in [3.05, 3.63) is 34.5 Å². The Hall–Kier alpha value is -1.59. The van der Waals surface area contributed by atoms with Crippen molar-refractivity contribution in [2.45, 2.75) is 0 Å². The Bertz CT molecular complexity index is 583. The lowest BCUT2D eigenvalue weighted by molar-refractivity contribution is -0.135. The topological polar surface area (TPSA) is 50.4 Å². The number of fused-ring (bicyclic) bond motifs is 1. The van der Waals surface area contributed by atoms with Crippen LogP contribution in [0.3, 0.4) is 0 Å². The summed E-state index contributed by atoms with van der Waals surface area (Å²) in [5.74, 6) is -0.399. The molecule has 17 heavy (non-hydrogen) atoms. The van der Waals surface area contributed by atoms with E-state index in [1.807, 2.05) is 6.07 Å². The van der Waals surface area contributed by atoms with Crippen LogP contribution in [0.25, 0.3) is 0 Å². The fourth-order valence-electron chi connectivity index (χ4n) is 1.81. The van der Waals surface area contributed by atoms with Crippen LogP contribution in [-0.4, -0.2) is 17.6 Å². The van der Waals surface area contributed by atoms with E-state index in [0.717, 1.165) is 11.4 Å². The number of nitrogens with one attached hydrogen (secondary N) is 2. The van der Waals surface area contributed by atoms with E-state index in [2.05, 4.69) is 10.6 Å². The number of hydrogen-bond donors (Lipinski definition) is 2. The molecular formula is C11H7ClN2O2S. The molecule has 0 atom stereocenters. The van der Waals surface area contributed by atoms with Crippen LogP contribution in [0.5, 0.6) is 0 Å². The zero-order chi connectivity index (χ0) is 12.0. The minimum absolute atomic E-state index is 0.210. The first-order valence-electron chi connectivity index (χ1n) is 4.93. The van der Waals surface area contributed by atoms with Crippen LogP contribution in [0.4, 0.5) is 11.4 Å². The van der Waals surface area contributed by atoms with E-state index in [1.165, 1.54) is 0 Å². The van der Waals surface area contributed by atoms with Crippen LogP contribution < -0.4 is 10.6 Å². The third-order valence-electron chi connectivity index (χ3n) is 2.60. The van der Waals surface area contributed by atoms with E-state index >= 15 is 0 Å². The van der Waals surface area contributed by atoms with Crippen molar-refractivity contribution in [2.24, 2.45) is 0 Å². The van der Waals surface area contributed by atoms with E-state index in [1.54, 1.807) is 12.1 Å². The average Bonchev–Trinajstić information content (AvgIpc) is 2.56. The van der Waals surface area contributed by atoms with Gasteiger partial charge in [0.15, 0.2) is 0 Å². The first-order chi connectivity index (χ1) is 8.15. The molecule has 0 bridgehead atoms. The monoisotopic (exact) mass is 266 g/mol. The van der Waals surface area contributed by atoms with Gasteiger partial charge in [0.2, 0.25) is 0 Å². The molecule has 1 aromatic rings. The summed E-state index contributed by atoms with van der Waals surface area (Å²) in [6.45, 7) is 0.210. The molecule has 1 aromatic carbocycles. The molecule has 0 spiro atoms. The van der Waals surface area contributed by atoms with Crippen LogP contribution in [0.2, 0.25) is 5.02 Å². The second-order valence-corrected chi connectivity index (χ2v) is 4.54. The minimum atomic E-state index is -0.399. The fraction of sp³-hybridized carbons (Fsp3) is 0.0909. The van der Waals surface area contributed by atoms with Crippen LogP contribution >= 0.6 is 23.8 Å². The number of carbonyl (C=O) groups is 1. The Kier molecular flexibility index (Phi) is 2.31. The molecule has 3 rings (SSSR count). The summed E-state index contributed by atoms with van der Waals surface area (Å²) >= 11 is 11.1. The molecular weight excluding hydrogens is 260 g/mol. The van der Waals surface area contributed by atoms with Crippen molar-refractivity contribution in [1.29, 1.82) is 0 Å². The van der Waals surface area contributed by atoms with E-state index < -0.39 is 5.97 Å². The summed E-state index contributed by atoms with van der Waals surface area (Å²) < 4.78 is 4.94. The molecule has 0 unspecified atom stereocenters. The summed E-state index contributed by atoms with van der Waals surface area (Å²) in [5.41, 5.74) is 2.64. The maximum Gasteiger partial charge on any atom is 0.343 e. The van der Waals surface area contributed by atoms with Gasteiger partial charge in [-0.05, 0) is 18.2 Å². The predicted molar refractivity (Wildman–Crippen MR) is 69.3 cm³/mol. The third kappa shape index (κ3) is 1.67. The first kappa shape index (κ1) is 10.6. The van der Waals surface area contributed by atoms with E-state index in [0.29, 0.717) is 21.3 Å². The molecule has 0 saturated carbocycles. The highest BCUT2D eigenvalue weighted by atomic mass is 35.5. The van der Waals surface area contributed by atoms with Gasteiger partial charge in [0.05, 0.1) is 17.1 Å². The summed E-state index contributed by atoms with van der Waals surface area (Å²) in [5, 5.41) is 6.73. The quantitative estimate of drug-likeness (QED) is 0.557. The average molecular weight is 267 g/mol. The zero-order valence-corrected chi connectivity index (χ0v) is 10.1. The van der Waals surface area contributed by atoms with Gasteiger partial charge in [0.1, 0.15) is 17.2 Å². The molecule has 0 radical (unpaired) electrons. The largest absolute Gasteiger partial charge is 0.456 e. The minimum Gasteiger partial charge on any atom is -0.456 e. The molecule has 2 N–H and O–H groups in total. The molecule has 2 heterocycles. The van der Waals surface area contributed by atoms with E-state index in [4.69, 9.17) is 28.6 Å². The Labute approximate surface area is 108 Å². The van der Waals surface area contributed by atoms with Gasteiger partial charge in [-0.3, -0.25) is 0 Å². The van der Waals surface area contributed by atoms with E-state index in [-0.39, 0.29) is 6.61 Å². The Morgan fingerprint density at radius 2 is 2.12 bits per heavy atom. The number of halogens is 1. The van der Waals surface area contributed by atoms with Gasteiger partial charge in [0, 0.05) is 5.02 Å². The van der Waals surface area contributed by atoms with Gasteiger partial charge in [-0.25, -0.2) is 4.79 Å². The van der Waals surface area contributed by atoms with Gasteiger partial charge in [-0.2, -0.15) is 0 Å². The van der Waals surface area contributed by atoms with Crippen LogP contribution in [0, 0.1) is 0 Å². The van der Waals surface area contributed by atoms with Crippen molar-refractivity contribution in [1.82, 2.24) is 0 Å². The summed E-state index contributed by atoms with van der Waals surface area (Å²) in [4.78, 5) is 11.9. The standard InChI is InChI=1S/C11H7ClN2O2S/c12-5-1-2-6-7(3-5)13-8-4-16-11(15)9(8)10(17)14-6/h1-3,13H,4H2,(H,14,17). The second-order valence-electron chi connectivity index (χ2n) is 3.70. The summed E-state index contributed by atoms with van der Waals surface area (Å²) in [7, 11) is 0. The maximum absolute atomic E-state index is 11.5. The Morgan fingerprint density at radius 3 is 2.94 bits per heavy atom. The number of cyclic esters (lactones) is 1. The normalized spacial score (nSPS) is 17.7. The Balaban J connectivity index is 2.11. The highest BCUT2D eigenvalue weighted by Gasteiger charge is 2.31. The number of ether oxygens (including phenoxy) is 1. The lowest BCUT2D eigenvalue weighted by Gasteiger charge is -2.10. The smallest absolute Gasteiger partial charge is 0.343 e. The third-order valence-corrected chi connectivity index (χ3v) is 3.14. The van der Waals surface area contributed by atoms with E-state index in [9.17, 15) is 4.79 Å². The summed E-state index contributed by atoms with van der Waals surface area (Å²) in [6, 6.07) is 5.34. The van der Waals surface area contributed by atoms with Crippen LogP contribution in [0.1, 0.15) is 0 Å². The first-order valence-corrected chi connectivity index (χ1v) is 5.72. The molecule has 2 aliphatic rings. The molecule has 0 aromatic heterocycles. The number of anilines is 2. The van der Waals surface area contributed by atoms with Crippen molar-refractivity contribution >= 4 is 46.2 Å². The van der Waals surface area contributed by atoms with Crippen LogP contribution in [-0.2, 0) is 9.53 Å². The van der Waals surface area contributed by atoms with Gasteiger partial charge in [-0.1, -0.05) is 23.8 Å². The summed E-state index contributed by atoms with van der Waals surface area (Å²) in [6.07, 6.45) is 0. The van der Waals surface area contributed by atoms with Gasteiger partial charge in [-0.15, -0.1) is 0 Å². The number of thiocarbonyl (C=S) groups is 1. The van der Waals surface area contributed by atoms with Crippen molar-refractivity contribution in [2.75, 3.05) is 17.2 Å². The predicted octanol–water partition coefficient (Wildman–Crippen LogP) is 2.32. The molecule has 0 aliphatic carbocycles. The molecule has 4 nitrogen and oxygen atoms in total. The number of benzene rings is 1. The maximum atomic E-state index is 11.5. The van der Waals surface area contributed by atoms with Crippen molar-refractivity contribution in [3.63, 3.8) is 0 Å². The number of esters is 1. The molecule has 86 valence electrons. The lowest BCUT2D eigenvalue weighted by atomic mass is 10.2. The fourth-order valence-corrected chi connectivity index (χ4v) is 2.30.